The Morgan fingerprint density at radius 2 is 1.95 bits per heavy atom. The molecule has 0 aliphatic heterocycles. The number of hydrogen-bond acceptors (Lipinski definition) is 3. The highest BCUT2D eigenvalue weighted by atomic mass is 79.9. The van der Waals surface area contributed by atoms with Crippen LogP contribution in [0.4, 0.5) is 18.9 Å². The molecule has 0 saturated heterocycles. The quantitative estimate of drug-likeness (QED) is 0.756. The number of thioether (sulfide) groups is 1. The fourth-order valence-corrected chi connectivity index (χ4v) is 2.36. The van der Waals surface area contributed by atoms with Crippen molar-refractivity contribution in [3.8, 4) is 0 Å². The number of nitrogens with one attached hydrogen (secondary N) is 1. The molecule has 1 heterocycles. The van der Waals surface area contributed by atoms with Gasteiger partial charge in [0.15, 0.2) is 0 Å². The molecule has 7 heteroatoms. The van der Waals surface area contributed by atoms with Gasteiger partial charge in [0.25, 0.3) is 5.76 Å². The molecule has 20 heavy (non-hydrogen) atoms. The topological polar surface area (TPSA) is 25.2 Å². The highest BCUT2D eigenvalue weighted by Crippen LogP contribution is 2.23. The van der Waals surface area contributed by atoms with E-state index < -0.39 is 5.76 Å². The van der Waals surface area contributed by atoms with Gasteiger partial charge in [-0.1, -0.05) is 27.7 Å². The molecular formula is C13H11BrF3NOS. The molecule has 0 spiro atoms. The van der Waals surface area contributed by atoms with E-state index in [-0.39, 0.29) is 18.1 Å². The summed E-state index contributed by atoms with van der Waals surface area (Å²) in [6.07, 6.45) is 0. The van der Waals surface area contributed by atoms with Gasteiger partial charge in [-0.25, -0.2) is 4.39 Å². The molecule has 0 unspecified atom stereocenters. The first-order valence-electron chi connectivity index (χ1n) is 5.71. The molecule has 2 rings (SSSR count). The highest BCUT2D eigenvalue weighted by molar-refractivity contribution is 9.10. The van der Waals surface area contributed by atoms with E-state index >= 15 is 0 Å². The average molecular weight is 366 g/mol. The van der Waals surface area contributed by atoms with Crippen LogP contribution in [0.3, 0.4) is 0 Å². The second-order valence-corrected chi connectivity index (χ2v) is 5.81. The number of halogens is 4. The van der Waals surface area contributed by atoms with Crippen molar-refractivity contribution in [2.75, 3.05) is 5.32 Å². The van der Waals surface area contributed by atoms with Gasteiger partial charge < -0.3 is 9.73 Å². The Kier molecular flexibility index (Phi) is 5.42. The molecule has 0 bridgehead atoms. The first-order chi connectivity index (χ1) is 9.54. The molecule has 2 aromatic rings. The van der Waals surface area contributed by atoms with Gasteiger partial charge in [-0.2, -0.15) is 8.78 Å². The third-order valence-electron chi connectivity index (χ3n) is 2.45. The second kappa shape index (κ2) is 7.08. The number of benzene rings is 1. The van der Waals surface area contributed by atoms with Gasteiger partial charge in [0.2, 0.25) is 0 Å². The van der Waals surface area contributed by atoms with Gasteiger partial charge in [0.1, 0.15) is 17.3 Å². The van der Waals surface area contributed by atoms with Gasteiger partial charge in [0, 0.05) is 4.47 Å². The SMILES string of the molecule is Fc1ccc(Br)cc1NCc1ccc(CSC(F)F)o1. The van der Waals surface area contributed by atoms with Gasteiger partial charge in [0.05, 0.1) is 18.0 Å². The van der Waals surface area contributed by atoms with Crippen LogP contribution in [0.2, 0.25) is 0 Å². The summed E-state index contributed by atoms with van der Waals surface area (Å²) in [5.41, 5.74) is 0.347. The van der Waals surface area contributed by atoms with E-state index in [0.717, 1.165) is 4.47 Å². The number of furan rings is 1. The Balaban J connectivity index is 1.92. The molecule has 1 aromatic carbocycles. The minimum atomic E-state index is -2.42. The van der Waals surface area contributed by atoms with Crippen molar-refractivity contribution >= 4 is 33.4 Å². The molecule has 0 amide bonds. The van der Waals surface area contributed by atoms with E-state index in [1.807, 2.05) is 0 Å². The normalized spacial score (nSPS) is 11.1. The summed E-state index contributed by atoms with van der Waals surface area (Å²) in [5.74, 6) is -1.63. The lowest BCUT2D eigenvalue weighted by Crippen LogP contribution is -2.00. The molecule has 2 nitrogen and oxygen atoms in total. The van der Waals surface area contributed by atoms with Crippen LogP contribution in [0.5, 0.6) is 0 Å². The van der Waals surface area contributed by atoms with E-state index in [0.29, 0.717) is 29.0 Å². The predicted molar refractivity (Wildman–Crippen MR) is 77.4 cm³/mol. The lowest BCUT2D eigenvalue weighted by molar-refractivity contribution is 0.251. The van der Waals surface area contributed by atoms with E-state index in [2.05, 4.69) is 21.2 Å². The first-order valence-corrected chi connectivity index (χ1v) is 7.55. The monoisotopic (exact) mass is 365 g/mol. The fourth-order valence-electron chi connectivity index (χ4n) is 1.56. The molecule has 0 aliphatic carbocycles. The van der Waals surface area contributed by atoms with Crippen LogP contribution < -0.4 is 5.32 Å². The van der Waals surface area contributed by atoms with Crippen molar-refractivity contribution in [2.24, 2.45) is 0 Å². The number of anilines is 1. The highest BCUT2D eigenvalue weighted by Gasteiger charge is 2.08. The van der Waals surface area contributed by atoms with Crippen molar-refractivity contribution in [3.05, 3.63) is 52.1 Å². The number of rotatable bonds is 6. The third-order valence-corrected chi connectivity index (χ3v) is 3.65. The van der Waals surface area contributed by atoms with Crippen LogP contribution in [0, 0.1) is 5.82 Å². The fraction of sp³-hybridized carbons (Fsp3) is 0.231. The molecule has 0 radical (unpaired) electrons. The molecular weight excluding hydrogens is 355 g/mol. The van der Waals surface area contributed by atoms with Crippen LogP contribution in [-0.2, 0) is 12.3 Å². The minimum Gasteiger partial charge on any atom is -0.463 e. The van der Waals surface area contributed by atoms with Gasteiger partial charge in [-0.15, -0.1) is 0 Å². The standard InChI is InChI=1S/C13H11BrF3NOS/c14-8-1-4-11(15)12(5-8)18-6-9-2-3-10(19-9)7-20-13(16)17/h1-5,13,18H,6-7H2. The summed E-state index contributed by atoms with van der Waals surface area (Å²) in [7, 11) is 0. The molecule has 0 aliphatic rings. The van der Waals surface area contributed by atoms with Crippen molar-refractivity contribution in [1.82, 2.24) is 0 Å². The Bertz CT molecular complexity index is 576. The average Bonchev–Trinajstić information content (AvgIpc) is 2.85. The Morgan fingerprint density at radius 3 is 2.70 bits per heavy atom. The Hall–Kier alpha value is -1.08. The zero-order valence-corrected chi connectivity index (χ0v) is 12.6. The lowest BCUT2D eigenvalue weighted by atomic mass is 10.3. The number of alkyl halides is 2. The van der Waals surface area contributed by atoms with Gasteiger partial charge in [-0.3, -0.25) is 0 Å². The summed E-state index contributed by atoms with van der Waals surface area (Å²) in [5, 5.41) is 2.89. The summed E-state index contributed by atoms with van der Waals surface area (Å²) in [6, 6.07) is 7.89. The van der Waals surface area contributed by atoms with Crippen LogP contribution in [0.15, 0.2) is 39.2 Å². The summed E-state index contributed by atoms with van der Waals surface area (Å²) < 4.78 is 43.7. The van der Waals surface area contributed by atoms with E-state index in [9.17, 15) is 13.2 Å². The predicted octanol–water partition coefficient (Wildman–Crippen LogP) is 5.25. The van der Waals surface area contributed by atoms with E-state index in [1.54, 1.807) is 24.3 Å². The van der Waals surface area contributed by atoms with Crippen molar-refractivity contribution < 1.29 is 17.6 Å². The van der Waals surface area contributed by atoms with E-state index in [1.165, 1.54) is 6.07 Å². The van der Waals surface area contributed by atoms with Crippen LogP contribution in [0.1, 0.15) is 11.5 Å². The van der Waals surface area contributed by atoms with Crippen molar-refractivity contribution in [1.29, 1.82) is 0 Å². The minimum absolute atomic E-state index is 0.114. The summed E-state index contributed by atoms with van der Waals surface area (Å²) >= 11 is 3.76. The summed E-state index contributed by atoms with van der Waals surface area (Å²) in [4.78, 5) is 0. The number of hydrogen-bond donors (Lipinski definition) is 1. The second-order valence-electron chi connectivity index (χ2n) is 3.92. The zero-order valence-electron chi connectivity index (χ0n) is 10.2. The largest absolute Gasteiger partial charge is 0.463 e. The molecule has 108 valence electrons. The van der Waals surface area contributed by atoms with Crippen LogP contribution in [0.25, 0.3) is 0 Å². The maximum absolute atomic E-state index is 13.5. The maximum atomic E-state index is 13.5. The smallest absolute Gasteiger partial charge is 0.284 e. The maximum Gasteiger partial charge on any atom is 0.284 e. The molecule has 0 atom stereocenters. The van der Waals surface area contributed by atoms with Crippen molar-refractivity contribution in [2.45, 2.75) is 18.1 Å². The molecule has 1 aromatic heterocycles. The van der Waals surface area contributed by atoms with Gasteiger partial charge >= 0.3 is 0 Å². The Labute approximate surface area is 126 Å². The van der Waals surface area contributed by atoms with Crippen LogP contribution >= 0.6 is 27.7 Å². The Morgan fingerprint density at radius 1 is 1.20 bits per heavy atom. The molecule has 0 fully saturated rings. The first kappa shape index (κ1) is 15.3. The third kappa shape index (κ3) is 4.49. The van der Waals surface area contributed by atoms with E-state index in [4.69, 9.17) is 4.42 Å². The molecule has 1 N–H and O–H groups in total. The zero-order chi connectivity index (χ0) is 14.5. The van der Waals surface area contributed by atoms with Crippen LogP contribution in [-0.4, -0.2) is 5.76 Å². The molecule has 0 saturated carbocycles. The lowest BCUT2D eigenvalue weighted by Gasteiger charge is -2.06. The van der Waals surface area contributed by atoms with Gasteiger partial charge in [-0.05, 0) is 30.3 Å². The van der Waals surface area contributed by atoms with Crippen molar-refractivity contribution in [3.63, 3.8) is 0 Å². The summed E-state index contributed by atoms with van der Waals surface area (Å²) in [6.45, 7) is 0.284.